The van der Waals surface area contributed by atoms with Gasteiger partial charge in [0.15, 0.2) is 5.58 Å². The number of hydrogen-bond donors (Lipinski definition) is 2. The lowest BCUT2D eigenvalue weighted by molar-refractivity contribution is -0.120. The third-order valence-corrected chi connectivity index (χ3v) is 6.09. The lowest BCUT2D eigenvalue weighted by atomic mass is 10.1. The van der Waals surface area contributed by atoms with E-state index in [-0.39, 0.29) is 45.3 Å². The first-order valence-electron chi connectivity index (χ1n) is 12.4. The number of rotatable bonds is 8. The second-order valence-electron chi connectivity index (χ2n) is 8.98. The van der Waals surface area contributed by atoms with E-state index in [0.29, 0.717) is 5.56 Å². The number of anilines is 1. The Bertz CT molecular complexity index is 1930. The van der Waals surface area contributed by atoms with Crippen LogP contribution in [0.3, 0.4) is 0 Å². The molecule has 210 valence electrons. The number of hydrogen-bond acceptors (Lipinski definition) is 9. The van der Waals surface area contributed by atoms with E-state index < -0.39 is 35.6 Å². The van der Waals surface area contributed by atoms with Gasteiger partial charge in [-0.05, 0) is 42.0 Å². The number of benzene rings is 3. The number of ketones is 1. The Morgan fingerprint density at radius 1 is 1.07 bits per heavy atom. The van der Waals surface area contributed by atoms with Crippen molar-refractivity contribution in [2.75, 3.05) is 12.8 Å². The number of nitrogens with zero attached hydrogens (tertiary/aromatic N) is 3. The number of oxazole rings is 1. The summed E-state index contributed by atoms with van der Waals surface area (Å²) >= 11 is 0. The molecule has 12 heteroatoms. The summed E-state index contributed by atoms with van der Waals surface area (Å²) in [5.41, 5.74) is 6.09. The number of Topliss-reactive ketones (excluding diaryl/α,β-unsaturated/α-hetero) is 1. The first-order valence-corrected chi connectivity index (χ1v) is 12.4. The van der Waals surface area contributed by atoms with Crippen LogP contribution < -0.4 is 16.6 Å². The lowest BCUT2D eigenvalue weighted by Crippen LogP contribution is -2.35. The monoisotopic (exact) mass is 567 g/mol. The second kappa shape index (κ2) is 11.7. The van der Waals surface area contributed by atoms with Crippen molar-refractivity contribution in [1.82, 2.24) is 19.9 Å². The zero-order valence-corrected chi connectivity index (χ0v) is 22.0. The van der Waals surface area contributed by atoms with Crippen molar-refractivity contribution >= 4 is 40.5 Å². The Balaban J connectivity index is 1.49. The van der Waals surface area contributed by atoms with E-state index in [9.17, 15) is 23.6 Å². The van der Waals surface area contributed by atoms with Crippen molar-refractivity contribution in [3.8, 4) is 11.4 Å². The Hall–Kier alpha value is -5.91. The average Bonchev–Trinajstić information content (AvgIpc) is 3.42. The van der Waals surface area contributed by atoms with Crippen molar-refractivity contribution in [3.63, 3.8) is 0 Å². The molecule has 0 bridgehead atoms. The van der Waals surface area contributed by atoms with Crippen LogP contribution in [-0.2, 0) is 16.1 Å². The van der Waals surface area contributed by atoms with Crippen LogP contribution in [0.15, 0.2) is 93.9 Å². The van der Waals surface area contributed by atoms with E-state index in [2.05, 4.69) is 15.3 Å². The molecule has 0 fully saturated rings. The maximum atomic E-state index is 13.9. The number of halogens is 1. The van der Waals surface area contributed by atoms with Gasteiger partial charge in [0, 0.05) is 5.56 Å². The molecule has 0 atom stereocenters. The number of ether oxygens (including phenoxy) is 1. The summed E-state index contributed by atoms with van der Waals surface area (Å²) in [4.78, 5) is 60.0. The van der Waals surface area contributed by atoms with Crippen molar-refractivity contribution in [2.24, 2.45) is 0 Å². The zero-order valence-electron chi connectivity index (χ0n) is 22.0. The standard InChI is InChI=1S/C30H22FN5O6/c1-41-30(40)19-10-11-24-22(14-19)35-28(42-24)26(38)23(12-17-6-3-2-4-7-17)34-25(37)16-36-27(33-15-21(32)29(36)39)18-8-5-9-20(31)13-18/h2-15H,16,32H2,1H3,(H,34,37). The molecule has 0 saturated carbocycles. The molecule has 1 amide bonds. The molecule has 0 saturated heterocycles. The molecule has 0 aliphatic rings. The van der Waals surface area contributed by atoms with Gasteiger partial charge < -0.3 is 20.2 Å². The third kappa shape index (κ3) is 5.82. The van der Waals surface area contributed by atoms with Crippen LogP contribution in [0.4, 0.5) is 10.1 Å². The number of nitrogens with two attached hydrogens (primary N) is 1. The minimum absolute atomic E-state index is 0.00382. The van der Waals surface area contributed by atoms with Crippen LogP contribution in [-0.4, -0.2) is 39.3 Å². The molecule has 42 heavy (non-hydrogen) atoms. The Morgan fingerprint density at radius 3 is 2.60 bits per heavy atom. The topological polar surface area (TPSA) is 159 Å². The average molecular weight is 568 g/mol. The lowest BCUT2D eigenvalue weighted by Gasteiger charge is -2.14. The number of allylic oxidation sites excluding steroid dienone is 1. The number of carbonyl (C=O) groups excluding carboxylic acids is 3. The number of methoxy groups -OCH3 is 1. The maximum Gasteiger partial charge on any atom is 0.337 e. The van der Waals surface area contributed by atoms with E-state index in [0.717, 1.165) is 16.8 Å². The summed E-state index contributed by atoms with van der Waals surface area (Å²) in [5, 5.41) is 2.53. The summed E-state index contributed by atoms with van der Waals surface area (Å²) in [6, 6.07) is 18.4. The number of carbonyl (C=O) groups is 3. The van der Waals surface area contributed by atoms with Gasteiger partial charge in [-0.15, -0.1) is 0 Å². The molecule has 5 rings (SSSR count). The van der Waals surface area contributed by atoms with Crippen molar-refractivity contribution in [1.29, 1.82) is 0 Å². The van der Waals surface area contributed by atoms with E-state index in [1.807, 2.05) is 0 Å². The Kier molecular flexibility index (Phi) is 7.69. The molecule has 2 heterocycles. The highest BCUT2D eigenvalue weighted by atomic mass is 19.1. The predicted octanol–water partition coefficient (Wildman–Crippen LogP) is 3.60. The number of esters is 1. The first kappa shape index (κ1) is 27.6. The molecular formula is C30H22FN5O6. The SMILES string of the molecule is COC(=O)c1ccc2oc(C(=O)C(=Cc3ccccc3)NC(=O)Cn3c(-c4cccc(F)c4)ncc(N)c3=O)nc2c1. The molecule has 0 unspecified atom stereocenters. The molecule has 3 N–H and O–H groups in total. The summed E-state index contributed by atoms with van der Waals surface area (Å²) < 4.78 is 25.2. The molecule has 5 aromatic rings. The van der Waals surface area contributed by atoms with Crippen LogP contribution in [0.2, 0.25) is 0 Å². The highest BCUT2D eigenvalue weighted by Gasteiger charge is 2.23. The largest absolute Gasteiger partial charge is 0.465 e. The number of fused-ring (bicyclic) bond motifs is 1. The van der Waals surface area contributed by atoms with Crippen LogP contribution in [0.5, 0.6) is 0 Å². The van der Waals surface area contributed by atoms with Crippen LogP contribution in [0.1, 0.15) is 26.6 Å². The highest BCUT2D eigenvalue weighted by Crippen LogP contribution is 2.21. The van der Waals surface area contributed by atoms with Gasteiger partial charge in [-0.3, -0.25) is 19.0 Å². The van der Waals surface area contributed by atoms with Gasteiger partial charge in [0.25, 0.3) is 17.2 Å². The number of amides is 1. The van der Waals surface area contributed by atoms with E-state index in [4.69, 9.17) is 14.9 Å². The van der Waals surface area contributed by atoms with E-state index in [1.54, 1.807) is 30.3 Å². The zero-order chi connectivity index (χ0) is 29.8. The quantitative estimate of drug-likeness (QED) is 0.162. The van der Waals surface area contributed by atoms with Gasteiger partial charge in [-0.2, -0.15) is 0 Å². The number of nitrogens with one attached hydrogen (secondary N) is 1. The molecule has 3 aromatic carbocycles. The molecule has 0 spiro atoms. The number of nitrogen functional groups attached to an aromatic ring is 1. The predicted molar refractivity (Wildman–Crippen MR) is 151 cm³/mol. The van der Waals surface area contributed by atoms with Gasteiger partial charge in [0.05, 0.1) is 24.6 Å². The molecular weight excluding hydrogens is 545 g/mol. The van der Waals surface area contributed by atoms with Gasteiger partial charge in [-0.25, -0.2) is 19.2 Å². The minimum Gasteiger partial charge on any atom is -0.465 e. The molecule has 0 aliphatic carbocycles. The summed E-state index contributed by atoms with van der Waals surface area (Å²) in [6.45, 7) is -0.599. The Labute approximate surface area is 237 Å². The van der Waals surface area contributed by atoms with Gasteiger partial charge in [-0.1, -0.05) is 42.5 Å². The smallest absolute Gasteiger partial charge is 0.337 e. The first-order chi connectivity index (χ1) is 20.2. The van der Waals surface area contributed by atoms with E-state index in [1.165, 1.54) is 49.6 Å². The van der Waals surface area contributed by atoms with Gasteiger partial charge in [0.1, 0.15) is 29.4 Å². The fourth-order valence-corrected chi connectivity index (χ4v) is 4.10. The van der Waals surface area contributed by atoms with Crippen molar-refractivity contribution < 1.29 is 27.9 Å². The number of aromatic nitrogens is 3. The maximum absolute atomic E-state index is 13.9. The van der Waals surface area contributed by atoms with Gasteiger partial charge in [0.2, 0.25) is 5.91 Å². The second-order valence-corrected chi connectivity index (χ2v) is 8.98. The molecule has 11 nitrogen and oxygen atoms in total. The van der Waals surface area contributed by atoms with Crippen LogP contribution in [0.25, 0.3) is 28.6 Å². The molecule has 0 aliphatic heterocycles. The van der Waals surface area contributed by atoms with E-state index >= 15 is 0 Å². The fourth-order valence-electron chi connectivity index (χ4n) is 4.10. The summed E-state index contributed by atoms with van der Waals surface area (Å²) in [7, 11) is 1.24. The summed E-state index contributed by atoms with van der Waals surface area (Å²) in [5.74, 6) is -3.05. The molecule has 0 radical (unpaired) electrons. The highest BCUT2D eigenvalue weighted by molar-refractivity contribution is 6.11. The van der Waals surface area contributed by atoms with Crippen molar-refractivity contribution in [2.45, 2.75) is 6.54 Å². The Morgan fingerprint density at radius 2 is 1.86 bits per heavy atom. The van der Waals surface area contributed by atoms with Crippen LogP contribution >= 0.6 is 0 Å². The fraction of sp³-hybridized carbons (Fsp3) is 0.0667. The third-order valence-electron chi connectivity index (χ3n) is 6.09. The van der Waals surface area contributed by atoms with Crippen molar-refractivity contribution in [3.05, 3.63) is 118 Å². The summed E-state index contributed by atoms with van der Waals surface area (Å²) in [6.07, 6.45) is 2.54. The normalized spacial score (nSPS) is 11.3. The molecule has 2 aromatic heterocycles. The van der Waals surface area contributed by atoms with Gasteiger partial charge >= 0.3 is 5.97 Å². The minimum atomic E-state index is -0.776. The van der Waals surface area contributed by atoms with Crippen LogP contribution in [0, 0.1) is 5.82 Å².